The van der Waals surface area contributed by atoms with Gasteiger partial charge in [-0.3, -0.25) is 0 Å². The van der Waals surface area contributed by atoms with E-state index >= 15 is 0 Å². The number of rotatable bonds is 8. The van der Waals surface area contributed by atoms with Crippen LogP contribution in [0.25, 0.3) is 43.8 Å². The van der Waals surface area contributed by atoms with Gasteiger partial charge < -0.3 is 9.80 Å². The summed E-state index contributed by atoms with van der Waals surface area (Å²) in [6.45, 7) is 18.3. The fraction of sp³-hybridized carbons (Fsp3) is 0.164. The zero-order valence-electron chi connectivity index (χ0n) is 41.0. The van der Waals surface area contributed by atoms with Crippen LogP contribution in [-0.4, -0.2) is 0 Å². The van der Waals surface area contributed by atoms with Crippen LogP contribution in [0.5, 0.6) is 0 Å². The molecule has 0 aliphatic heterocycles. The molecule has 0 atom stereocenters. The SMILES string of the molecule is Cc1ccc(C)c(N(c2ccccc2)c2ccc3c4c(cc(C(C)C)c3c2)-c2cc(C(C)C)c3cc(N(c5ccccc5)c5cc(C)ccc5C)ccc3c2C42c3ccccc3-c3ccccc32)c1. The van der Waals surface area contributed by atoms with Crippen LogP contribution in [0.3, 0.4) is 0 Å². The number of hydrogen-bond donors (Lipinski definition) is 0. The first-order valence-corrected chi connectivity index (χ1v) is 24.8. The van der Waals surface area contributed by atoms with Crippen molar-refractivity contribution in [3.8, 4) is 22.3 Å². The maximum Gasteiger partial charge on any atom is 0.0737 e. The molecule has 0 radical (unpaired) electrons. The van der Waals surface area contributed by atoms with Gasteiger partial charge in [0, 0.05) is 34.1 Å². The van der Waals surface area contributed by atoms with Gasteiger partial charge in [-0.1, -0.05) is 149 Å². The summed E-state index contributed by atoms with van der Waals surface area (Å²) in [5.41, 5.74) is 25.0. The Hall–Kier alpha value is -7.68. The van der Waals surface area contributed by atoms with Crippen LogP contribution < -0.4 is 9.80 Å². The van der Waals surface area contributed by atoms with Crippen molar-refractivity contribution in [1.29, 1.82) is 0 Å². The van der Waals surface area contributed by atoms with Crippen molar-refractivity contribution in [3.05, 3.63) is 250 Å². The number of fused-ring (bicyclic) bond motifs is 14. The predicted molar refractivity (Wildman–Crippen MR) is 294 cm³/mol. The maximum atomic E-state index is 2.59. The fourth-order valence-electron chi connectivity index (χ4n) is 12.2. The minimum Gasteiger partial charge on any atom is -0.310 e. The topological polar surface area (TPSA) is 6.48 Å². The lowest BCUT2D eigenvalue weighted by Gasteiger charge is -2.34. The molecule has 0 aromatic heterocycles. The molecule has 2 nitrogen and oxygen atoms in total. The van der Waals surface area contributed by atoms with Gasteiger partial charge in [0.1, 0.15) is 0 Å². The number of aryl methyl sites for hydroxylation is 4. The van der Waals surface area contributed by atoms with Gasteiger partial charge in [-0.15, -0.1) is 0 Å². The zero-order chi connectivity index (χ0) is 47.3. The lowest BCUT2D eigenvalue weighted by molar-refractivity contribution is 0.806. The molecule has 0 N–H and O–H groups in total. The van der Waals surface area contributed by atoms with E-state index in [9.17, 15) is 0 Å². The Morgan fingerprint density at radius 1 is 0.333 bits per heavy atom. The van der Waals surface area contributed by atoms with Crippen LogP contribution in [0.15, 0.2) is 194 Å². The van der Waals surface area contributed by atoms with E-state index in [1.165, 1.54) is 111 Å². The summed E-state index contributed by atoms with van der Waals surface area (Å²) in [6, 6.07) is 73.8. The minimum absolute atomic E-state index is 0.281. The highest BCUT2D eigenvalue weighted by Gasteiger charge is 2.53. The van der Waals surface area contributed by atoms with E-state index in [1.54, 1.807) is 0 Å². The number of anilines is 6. The highest BCUT2D eigenvalue weighted by Crippen LogP contribution is 2.66. The summed E-state index contributed by atoms with van der Waals surface area (Å²) < 4.78 is 0. The van der Waals surface area contributed by atoms with Gasteiger partial charge in [0.25, 0.3) is 0 Å². The summed E-state index contributed by atoms with van der Waals surface area (Å²) in [5, 5.41) is 5.25. The summed E-state index contributed by atoms with van der Waals surface area (Å²) in [5.74, 6) is 0.562. The van der Waals surface area contributed by atoms with Crippen molar-refractivity contribution in [1.82, 2.24) is 0 Å². The van der Waals surface area contributed by atoms with Crippen LogP contribution >= 0.6 is 0 Å². The first-order chi connectivity index (χ1) is 33.5. The Morgan fingerprint density at radius 3 is 1.13 bits per heavy atom. The van der Waals surface area contributed by atoms with E-state index in [-0.39, 0.29) is 11.8 Å². The van der Waals surface area contributed by atoms with Crippen molar-refractivity contribution < 1.29 is 0 Å². The smallest absolute Gasteiger partial charge is 0.0737 e. The Balaban J connectivity index is 1.19. The van der Waals surface area contributed by atoms with Crippen molar-refractivity contribution in [2.45, 2.75) is 72.6 Å². The summed E-state index contributed by atoms with van der Waals surface area (Å²) in [6.07, 6.45) is 0. The minimum atomic E-state index is -0.569. The van der Waals surface area contributed by atoms with Gasteiger partial charge in [0.2, 0.25) is 0 Å². The van der Waals surface area contributed by atoms with Crippen LogP contribution in [0.2, 0.25) is 0 Å². The van der Waals surface area contributed by atoms with Gasteiger partial charge in [-0.25, -0.2) is 0 Å². The number of nitrogens with zero attached hydrogens (tertiary/aromatic N) is 2. The largest absolute Gasteiger partial charge is 0.310 e. The van der Waals surface area contributed by atoms with Gasteiger partial charge in [-0.2, -0.15) is 0 Å². The fourth-order valence-corrected chi connectivity index (χ4v) is 12.2. The van der Waals surface area contributed by atoms with Gasteiger partial charge in [0.05, 0.1) is 5.41 Å². The molecule has 0 unspecified atom stereocenters. The first-order valence-electron chi connectivity index (χ1n) is 24.8. The molecular weight excluding hydrogens is 833 g/mol. The van der Waals surface area contributed by atoms with E-state index in [0.717, 1.165) is 22.7 Å². The van der Waals surface area contributed by atoms with Crippen molar-refractivity contribution in [3.63, 3.8) is 0 Å². The molecule has 10 aromatic carbocycles. The second-order valence-electron chi connectivity index (χ2n) is 20.3. The number of benzene rings is 10. The van der Waals surface area contributed by atoms with Crippen LogP contribution in [-0.2, 0) is 5.41 Å². The average molecular weight is 891 g/mol. The third-order valence-electron chi connectivity index (χ3n) is 15.3. The molecule has 0 fully saturated rings. The van der Waals surface area contributed by atoms with E-state index in [4.69, 9.17) is 0 Å². The molecule has 336 valence electrons. The Bertz CT molecular complexity index is 3430. The highest BCUT2D eigenvalue weighted by atomic mass is 15.1. The highest BCUT2D eigenvalue weighted by molar-refractivity contribution is 6.11. The molecule has 0 saturated carbocycles. The van der Waals surface area contributed by atoms with Crippen molar-refractivity contribution in [2.75, 3.05) is 9.80 Å². The molecule has 2 aliphatic carbocycles. The second kappa shape index (κ2) is 16.2. The maximum absolute atomic E-state index is 2.59. The lowest BCUT2D eigenvalue weighted by atomic mass is 9.67. The van der Waals surface area contributed by atoms with Gasteiger partial charge in [-0.05, 0) is 212 Å². The molecule has 2 aliphatic rings. The van der Waals surface area contributed by atoms with Crippen LogP contribution in [0.1, 0.15) is 95.2 Å². The molecule has 0 saturated heterocycles. The average Bonchev–Trinajstić information content (AvgIpc) is 3.83. The van der Waals surface area contributed by atoms with E-state index in [2.05, 4.69) is 259 Å². The standard InChI is InChI=1S/C67H58N2/c1-41(2)55-39-59-60-40-56(42(3)4)58-38-50(69(48-21-13-10-14-22-48)64-36-44(6)28-30-46(64)8)32-34-54(58)66(60)67(61-25-17-15-23-51(61)52-24-16-18-26-62(52)67)65(59)53-33-31-49(37-57(53)55)68(47-19-11-9-12-20-47)63-35-43(5)27-29-45(63)7/h9-42H,1-8H3. The zero-order valence-corrected chi connectivity index (χ0v) is 41.0. The normalized spacial score (nSPS) is 13.0. The van der Waals surface area contributed by atoms with Crippen LogP contribution in [0.4, 0.5) is 34.1 Å². The van der Waals surface area contributed by atoms with Crippen molar-refractivity contribution >= 4 is 55.7 Å². The molecule has 0 amide bonds. The molecule has 2 heteroatoms. The quantitative estimate of drug-likeness (QED) is 0.150. The molecule has 0 heterocycles. The molecule has 0 bridgehead atoms. The number of hydrogen-bond acceptors (Lipinski definition) is 2. The van der Waals surface area contributed by atoms with Gasteiger partial charge in [0.15, 0.2) is 0 Å². The van der Waals surface area contributed by atoms with E-state index in [1.807, 2.05) is 0 Å². The third kappa shape index (κ3) is 6.45. The summed E-state index contributed by atoms with van der Waals surface area (Å²) >= 11 is 0. The Kier molecular flexibility index (Phi) is 10.0. The second-order valence-corrected chi connectivity index (χ2v) is 20.3. The molecule has 12 rings (SSSR count). The van der Waals surface area contributed by atoms with E-state index < -0.39 is 5.41 Å². The first kappa shape index (κ1) is 42.7. The summed E-state index contributed by atoms with van der Waals surface area (Å²) in [7, 11) is 0. The monoisotopic (exact) mass is 890 g/mol. The summed E-state index contributed by atoms with van der Waals surface area (Å²) in [4.78, 5) is 4.92. The third-order valence-corrected chi connectivity index (χ3v) is 15.3. The molecular formula is C67H58N2. The molecule has 69 heavy (non-hydrogen) atoms. The van der Waals surface area contributed by atoms with Gasteiger partial charge >= 0.3 is 0 Å². The Labute approximate surface area is 408 Å². The lowest BCUT2D eigenvalue weighted by Crippen LogP contribution is -2.27. The molecule has 10 aromatic rings. The molecule has 1 spiro atoms. The Morgan fingerprint density at radius 2 is 0.725 bits per heavy atom. The van der Waals surface area contributed by atoms with Crippen LogP contribution in [0, 0.1) is 27.7 Å². The number of para-hydroxylation sites is 2. The van der Waals surface area contributed by atoms with E-state index in [0.29, 0.717) is 0 Å². The predicted octanol–water partition coefficient (Wildman–Crippen LogP) is 18.8. The van der Waals surface area contributed by atoms with Crippen molar-refractivity contribution in [2.24, 2.45) is 0 Å².